The fourth-order valence-electron chi connectivity index (χ4n) is 10.4. The van der Waals surface area contributed by atoms with Crippen LogP contribution in [0.25, 0.3) is 0 Å². The third-order valence-electron chi connectivity index (χ3n) is 14.8. The number of unbranched alkanes of at least 4 members (excludes halogenated alkanes) is 1. The number of esters is 1. The number of aliphatic hydroxyl groups is 4. The second kappa shape index (κ2) is 22.3. The van der Waals surface area contributed by atoms with Crippen LogP contribution < -0.4 is 15.4 Å². The number of nitrogens with one attached hydrogen (secondary N) is 2. The van der Waals surface area contributed by atoms with Gasteiger partial charge in [-0.15, -0.1) is 0 Å². The molecule has 0 aliphatic carbocycles. The van der Waals surface area contributed by atoms with E-state index in [4.69, 9.17) is 42.9 Å². The van der Waals surface area contributed by atoms with E-state index in [-0.39, 0.29) is 43.9 Å². The van der Waals surface area contributed by atoms with Crippen molar-refractivity contribution in [1.82, 2.24) is 20.5 Å². The van der Waals surface area contributed by atoms with E-state index in [0.29, 0.717) is 37.1 Å². The van der Waals surface area contributed by atoms with Gasteiger partial charge in [0.05, 0.1) is 61.0 Å². The number of carbonyl (C=O) groups excluding carboxylic acids is 1. The highest BCUT2D eigenvalue weighted by molar-refractivity contribution is 5.79. The highest BCUT2D eigenvalue weighted by atomic mass is 16.7. The second-order valence-corrected chi connectivity index (χ2v) is 20.2. The quantitative estimate of drug-likeness (QED) is 0.122. The first-order valence-electron chi connectivity index (χ1n) is 24.1. The molecule has 0 unspecified atom stereocenters. The number of aliphatic hydroxyl groups excluding tert-OH is 1. The van der Waals surface area contributed by atoms with E-state index in [2.05, 4.69) is 22.5 Å². The van der Waals surface area contributed by atoms with Gasteiger partial charge in [-0.3, -0.25) is 4.79 Å². The van der Waals surface area contributed by atoms with E-state index in [9.17, 15) is 25.2 Å². The summed E-state index contributed by atoms with van der Waals surface area (Å²) in [7, 11) is 5.00. The van der Waals surface area contributed by atoms with Crippen molar-refractivity contribution in [2.45, 2.75) is 204 Å². The van der Waals surface area contributed by atoms with Crippen LogP contribution in [-0.4, -0.2) is 173 Å². The minimum Gasteiger partial charge on any atom is -0.481 e. The van der Waals surface area contributed by atoms with E-state index in [1.807, 2.05) is 39.6 Å². The molecular weight excluding hydrogens is 855 g/mol. The number of aromatic nitrogens is 1. The van der Waals surface area contributed by atoms with Crippen LogP contribution in [0.4, 0.5) is 5.69 Å². The number of hydrogen-bond donors (Lipinski definition) is 6. The van der Waals surface area contributed by atoms with Gasteiger partial charge in [0.1, 0.15) is 29.0 Å². The Kier molecular flexibility index (Phi) is 18.3. The van der Waals surface area contributed by atoms with E-state index in [0.717, 1.165) is 12.8 Å². The molecule has 5 heterocycles. The summed E-state index contributed by atoms with van der Waals surface area (Å²) in [5, 5.41) is 55.1. The summed E-state index contributed by atoms with van der Waals surface area (Å²) in [6.07, 6.45) is -3.62. The zero-order valence-corrected chi connectivity index (χ0v) is 42.0. The van der Waals surface area contributed by atoms with Gasteiger partial charge in [0.25, 0.3) is 6.02 Å². The molecule has 5 rings (SSSR count). The Balaban J connectivity index is 1.56. The molecule has 18 atom stereocenters. The van der Waals surface area contributed by atoms with Crippen molar-refractivity contribution in [3.63, 3.8) is 0 Å². The van der Waals surface area contributed by atoms with Crippen LogP contribution in [0.2, 0.25) is 0 Å². The van der Waals surface area contributed by atoms with Gasteiger partial charge in [-0.25, -0.2) is 4.98 Å². The van der Waals surface area contributed by atoms with Gasteiger partial charge in [-0.05, 0) is 99.2 Å². The molecule has 0 amide bonds. The van der Waals surface area contributed by atoms with Crippen LogP contribution in [0, 0.1) is 17.8 Å². The molecule has 0 bridgehead atoms. The van der Waals surface area contributed by atoms with E-state index >= 15 is 0 Å². The lowest BCUT2D eigenvalue weighted by atomic mass is 9.75. The van der Waals surface area contributed by atoms with E-state index in [1.165, 1.54) is 6.92 Å². The third-order valence-corrected chi connectivity index (χ3v) is 14.8. The number of pyridine rings is 1. The number of likely N-dealkylation sites (N-methyl/N-ethyl adjacent to an activating group) is 1. The van der Waals surface area contributed by atoms with Crippen LogP contribution in [-0.2, 0) is 38.0 Å². The number of carbonyl (C=O) groups is 1. The number of cyclic esters (lactones) is 1. The number of hydrogen-bond acceptors (Lipinski definition) is 17. The van der Waals surface area contributed by atoms with Gasteiger partial charge in [0, 0.05) is 45.1 Å². The summed E-state index contributed by atoms with van der Waals surface area (Å²) in [4.78, 5) is 25.6. The number of rotatable bonds is 13. The van der Waals surface area contributed by atoms with Crippen LogP contribution in [0.3, 0.4) is 0 Å². The van der Waals surface area contributed by atoms with Crippen molar-refractivity contribution in [3.8, 4) is 5.88 Å². The smallest absolute Gasteiger partial charge is 0.311 e. The minimum absolute atomic E-state index is 0.0881. The Morgan fingerprint density at radius 1 is 1.00 bits per heavy atom. The average Bonchev–Trinajstić information content (AvgIpc) is 3.58. The Morgan fingerprint density at radius 2 is 1.71 bits per heavy atom. The van der Waals surface area contributed by atoms with Crippen LogP contribution in [0.15, 0.2) is 23.3 Å². The molecule has 6 N–H and O–H groups in total. The Bertz CT molecular complexity index is 1740. The first-order valence-corrected chi connectivity index (χ1v) is 24.1. The average molecular weight is 938 g/mol. The Hall–Kier alpha value is -2.75. The van der Waals surface area contributed by atoms with Gasteiger partial charge < -0.3 is 73.9 Å². The number of amidine groups is 1. The zero-order chi connectivity index (χ0) is 48.9. The molecule has 4 aliphatic rings. The molecule has 1 aromatic heterocycles. The summed E-state index contributed by atoms with van der Waals surface area (Å²) in [5.74, 6) is -2.24. The number of nitrogens with zero attached hydrogens (tertiary/aromatic N) is 3. The fourth-order valence-corrected chi connectivity index (χ4v) is 10.4. The Morgan fingerprint density at radius 3 is 2.33 bits per heavy atom. The first-order chi connectivity index (χ1) is 31.0. The lowest BCUT2D eigenvalue weighted by molar-refractivity contribution is -0.335. The topological polar surface area (TPSA) is 224 Å². The molecule has 4 aliphatic heterocycles. The SMILES string of the molecule is CCCCNC[C@]1(O)[C@H](C)O[C@@H](O[C@H]2[C@H](C)[C@@H](O[C@@H]3O[C@H](C)C[C@H]4[C@H]3OC(=Nc3ccc(OC)nc3)N4C)[C@](C)(O)C[C@@H](C)CN[C@H](C)[C@@H](O)[C@](C)(O)[C@@H](CC)OC(=O)[C@@H]2C)C[C@@]1(C)OC. The maximum absolute atomic E-state index is 14.6. The highest BCUT2D eigenvalue weighted by Crippen LogP contribution is 2.44. The first kappa shape index (κ1) is 54.2. The summed E-state index contributed by atoms with van der Waals surface area (Å²) in [5.41, 5.74) is -5.46. The fraction of sp³-hybridized carbons (Fsp3) is 0.854. The van der Waals surface area contributed by atoms with Gasteiger partial charge in [-0.2, -0.15) is 4.99 Å². The summed E-state index contributed by atoms with van der Waals surface area (Å²) < 4.78 is 51.2. The van der Waals surface area contributed by atoms with E-state index < -0.39 is 95.5 Å². The zero-order valence-electron chi connectivity index (χ0n) is 42.0. The molecule has 0 saturated carbocycles. The largest absolute Gasteiger partial charge is 0.481 e. The van der Waals surface area contributed by atoms with Crippen molar-refractivity contribution in [1.29, 1.82) is 0 Å². The lowest BCUT2D eigenvalue weighted by Gasteiger charge is -2.53. The van der Waals surface area contributed by atoms with Gasteiger partial charge in [-0.1, -0.05) is 34.1 Å². The maximum Gasteiger partial charge on any atom is 0.311 e. The molecule has 378 valence electrons. The minimum atomic E-state index is -1.83. The van der Waals surface area contributed by atoms with Crippen molar-refractivity contribution in [2.75, 3.05) is 40.9 Å². The molecule has 18 nitrogen and oxygen atoms in total. The third kappa shape index (κ3) is 11.8. The van der Waals surface area contributed by atoms with Crippen LogP contribution in [0.5, 0.6) is 5.88 Å². The summed E-state index contributed by atoms with van der Waals surface area (Å²) in [6.45, 7) is 21.2. The van der Waals surface area contributed by atoms with Gasteiger partial charge >= 0.3 is 5.97 Å². The number of methoxy groups -OCH3 is 2. The monoisotopic (exact) mass is 938 g/mol. The summed E-state index contributed by atoms with van der Waals surface area (Å²) >= 11 is 0. The molecule has 0 spiro atoms. The molecule has 0 aromatic carbocycles. The maximum atomic E-state index is 14.6. The Labute approximate surface area is 392 Å². The van der Waals surface area contributed by atoms with Crippen molar-refractivity contribution in [2.24, 2.45) is 22.7 Å². The molecule has 1 aromatic rings. The number of aliphatic imine (C=N–C) groups is 1. The normalized spacial score (nSPS) is 43.6. The van der Waals surface area contributed by atoms with Crippen molar-refractivity contribution in [3.05, 3.63) is 18.3 Å². The number of fused-ring (bicyclic) bond motifs is 1. The predicted octanol–water partition coefficient (Wildman–Crippen LogP) is 3.82. The molecule has 4 fully saturated rings. The van der Waals surface area contributed by atoms with E-state index in [1.54, 1.807) is 67.2 Å². The van der Waals surface area contributed by atoms with Crippen molar-refractivity contribution >= 4 is 17.7 Å². The molecule has 66 heavy (non-hydrogen) atoms. The summed E-state index contributed by atoms with van der Waals surface area (Å²) in [6, 6.07) is 3.04. The van der Waals surface area contributed by atoms with Crippen molar-refractivity contribution < 1.29 is 63.1 Å². The van der Waals surface area contributed by atoms with Gasteiger partial charge in [0.15, 0.2) is 18.7 Å². The molecular formula is C48H83N5O13. The lowest BCUT2D eigenvalue weighted by Crippen LogP contribution is -2.70. The second-order valence-electron chi connectivity index (χ2n) is 20.2. The molecule has 4 saturated heterocycles. The standard InChI is InChI=1S/C48H83N5O13/c1-15-17-20-49-26-48(58)32(8)62-37(23-46(48,10)60-14)64-38-29(5)41(45(9,56)22-27(3)24-50-31(7)40(54)47(11,57)35(16-2)63-42(55)30(38)6)66-43-39-34(21-28(4)61-43)53(12)44(65-39)52-33-18-19-36(59-13)51-25-33/h18-19,25,27-32,34-35,37-41,43,49-50,54,56-58H,15-17,20-24,26H2,1-14H3/t27-,28-,29+,30-,31-,32+,34+,35-,37+,38+,39-,40-,41-,43+,45-,46-,47-,48+/m1/s1. The molecule has 0 radical (unpaired) electrons. The van der Waals surface area contributed by atoms with Gasteiger partial charge in [0.2, 0.25) is 5.88 Å². The molecule has 18 heteroatoms. The predicted molar refractivity (Wildman–Crippen MR) is 247 cm³/mol. The highest BCUT2D eigenvalue weighted by Gasteiger charge is 2.59. The van der Waals surface area contributed by atoms with Crippen LogP contribution >= 0.6 is 0 Å². The van der Waals surface area contributed by atoms with Crippen LogP contribution in [0.1, 0.15) is 115 Å². The number of ether oxygens (including phenoxy) is 8.